The molecule has 0 aliphatic carbocycles. The van der Waals surface area contributed by atoms with Gasteiger partial charge in [0.2, 0.25) is 0 Å². The second-order valence-corrected chi connectivity index (χ2v) is 8.40. The molecule has 3 aromatic rings. The number of halogens is 1. The first-order valence-corrected chi connectivity index (χ1v) is 10.8. The summed E-state index contributed by atoms with van der Waals surface area (Å²) < 4.78 is 1.68. The van der Waals surface area contributed by atoms with Gasteiger partial charge in [0.05, 0.1) is 17.8 Å². The highest BCUT2D eigenvalue weighted by Crippen LogP contribution is 2.28. The summed E-state index contributed by atoms with van der Waals surface area (Å²) in [6, 6.07) is 14.3. The SMILES string of the molecule is Cc1ccc(Cn2nc(C)c(C(=O)Nc3ccc(N4CCCC4)c(C)c3)c2Cl)cc1. The minimum absolute atomic E-state index is 0.235. The van der Waals surface area contributed by atoms with Crippen molar-refractivity contribution < 1.29 is 4.79 Å². The van der Waals surface area contributed by atoms with Gasteiger partial charge in [0, 0.05) is 24.5 Å². The lowest BCUT2D eigenvalue weighted by Gasteiger charge is -2.20. The number of nitrogens with zero attached hydrogens (tertiary/aromatic N) is 3. The predicted molar refractivity (Wildman–Crippen MR) is 123 cm³/mol. The number of hydrogen-bond donors (Lipinski definition) is 1. The zero-order valence-corrected chi connectivity index (χ0v) is 18.5. The maximum Gasteiger partial charge on any atom is 0.260 e. The molecule has 1 N–H and O–H groups in total. The molecule has 0 unspecified atom stereocenters. The molecule has 30 heavy (non-hydrogen) atoms. The number of hydrogen-bond acceptors (Lipinski definition) is 3. The van der Waals surface area contributed by atoms with Crippen molar-refractivity contribution in [2.24, 2.45) is 0 Å². The maximum absolute atomic E-state index is 13.0. The summed E-state index contributed by atoms with van der Waals surface area (Å²) in [7, 11) is 0. The summed E-state index contributed by atoms with van der Waals surface area (Å²) in [5.74, 6) is -0.235. The fourth-order valence-electron chi connectivity index (χ4n) is 4.02. The van der Waals surface area contributed by atoms with Gasteiger partial charge in [0.1, 0.15) is 5.15 Å². The Morgan fingerprint density at radius 1 is 1.07 bits per heavy atom. The average molecular weight is 423 g/mol. The molecule has 0 saturated carbocycles. The van der Waals surface area contributed by atoms with E-state index in [1.165, 1.54) is 24.1 Å². The van der Waals surface area contributed by atoms with Gasteiger partial charge in [-0.05, 0) is 62.9 Å². The van der Waals surface area contributed by atoms with Crippen LogP contribution in [0.5, 0.6) is 0 Å². The van der Waals surface area contributed by atoms with E-state index in [1.54, 1.807) is 4.68 Å². The number of benzene rings is 2. The number of nitrogens with one attached hydrogen (secondary N) is 1. The highest BCUT2D eigenvalue weighted by atomic mass is 35.5. The first-order chi connectivity index (χ1) is 14.4. The van der Waals surface area contributed by atoms with E-state index in [2.05, 4.69) is 47.4 Å². The van der Waals surface area contributed by atoms with Crippen molar-refractivity contribution in [1.29, 1.82) is 0 Å². The molecule has 1 fully saturated rings. The zero-order chi connectivity index (χ0) is 21.3. The predicted octanol–water partition coefficient (Wildman–Crippen LogP) is 5.36. The van der Waals surface area contributed by atoms with Crippen LogP contribution in [0.3, 0.4) is 0 Å². The molecule has 0 spiro atoms. The van der Waals surface area contributed by atoms with E-state index < -0.39 is 0 Å². The Balaban J connectivity index is 1.51. The molecule has 156 valence electrons. The normalized spacial score (nSPS) is 13.7. The average Bonchev–Trinajstić information content (AvgIpc) is 3.32. The molecule has 0 atom stereocenters. The molecule has 1 amide bonds. The third-order valence-corrected chi connectivity index (χ3v) is 6.03. The fraction of sp³-hybridized carbons (Fsp3) is 0.333. The van der Waals surface area contributed by atoms with Crippen molar-refractivity contribution >= 4 is 28.9 Å². The summed E-state index contributed by atoms with van der Waals surface area (Å²) in [5, 5.41) is 7.84. The monoisotopic (exact) mass is 422 g/mol. The summed E-state index contributed by atoms with van der Waals surface area (Å²) in [4.78, 5) is 15.4. The number of amides is 1. The quantitative estimate of drug-likeness (QED) is 0.601. The van der Waals surface area contributed by atoms with Gasteiger partial charge >= 0.3 is 0 Å². The van der Waals surface area contributed by atoms with Crippen molar-refractivity contribution in [3.05, 3.63) is 75.6 Å². The second kappa shape index (κ2) is 8.52. The van der Waals surface area contributed by atoms with Crippen LogP contribution >= 0.6 is 11.6 Å². The van der Waals surface area contributed by atoms with Crippen LogP contribution in [0.15, 0.2) is 42.5 Å². The molecule has 6 heteroatoms. The summed E-state index contributed by atoms with van der Waals surface area (Å²) in [6.07, 6.45) is 2.48. The van der Waals surface area contributed by atoms with E-state index in [9.17, 15) is 4.79 Å². The Kier molecular flexibility index (Phi) is 5.82. The number of aromatic nitrogens is 2. The van der Waals surface area contributed by atoms with Gasteiger partial charge in [0.25, 0.3) is 5.91 Å². The Morgan fingerprint density at radius 2 is 1.77 bits per heavy atom. The summed E-state index contributed by atoms with van der Waals surface area (Å²) in [6.45, 7) is 8.67. The molecule has 4 rings (SSSR count). The molecular weight excluding hydrogens is 396 g/mol. The lowest BCUT2D eigenvalue weighted by Crippen LogP contribution is -2.19. The Bertz CT molecular complexity index is 1070. The smallest absolute Gasteiger partial charge is 0.260 e. The number of aryl methyl sites for hydroxylation is 3. The fourth-order valence-corrected chi connectivity index (χ4v) is 4.34. The van der Waals surface area contributed by atoms with Crippen LogP contribution in [0, 0.1) is 20.8 Å². The van der Waals surface area contributed by atoms with Crippen LogP contribution in [0.1, 0.15) is 45.6 Å². The van der Waals surface area contributed by atoms with Crippen molar-refractivity contribution in [3.63, 3.8) is 0 Å². The summed E-state index contributed by atoms with van der Waals surface area (Å²) >= 11 is 6.55. The van der Waals surface area contributed by atoms with E-state index in [0.29, 0.717) is 23.0 Å². The van der Waals surface area contributed by atoms with Crippen LogP contribution < -0.4 is 10.2 Å². The number of carbonyl (C=O) groups is 1. The highest BCUT2D eigenvalue weighted by molar-refractivity contribution is 6.33. The van der Waals surface area contributed by atoms with Crippen LogP contribution in [0.2, 0.25) is 5.15 Å². The van der Waals surface area contributed by atoms with Gasteiger partial charge in [-0.15, -0.1) is 0 Å². The number of rotatable bonds is 5. The first-order valence-electron chi connectivity index (χ1n) is 10.4. The van der Waals surface area contributed by atoms with Gasteiger partial charge < -0.3 is 10.2 Å². The van der Waals surface area contributed by atoms with Crippen molar-refractivity contribution in [3.8, 4) is 0 Å². The Labute approximate surface area is 182 Å². The van der Waals surface area contributed by atoms with E-state index in [1.807, 2.05) is 31.2 Å². The van der Waals surface area contributed by atoms with Crippen molar-refractivity contribution in [2.75, 3.05) is 23.3 Å². The molecule has 2 aromatic carbocycles. The molecule has 1 aliphatic heterocycles. The minimum atomic E-state index is -0.235. The largest absolute Gasteiger partial charge is 0.371 e. The molecule has 1 aromatic heterocycles. The molecule has 0 bridgehead atoms. The van der Waals surface area contributed by atoms with Gasteiger partial charge in [-0.2, -0.15) is 5.10 Å². The first kappa shape index (κ1) is 20.5. The highest BCUT2D eigenvalue weighted by Gasteiger charge is 2.21. The molecule has 1 saturated heterocycles. The van der Waals surface area contributed by atoms with Crippen LogP contribution in [0.25, 0.3) is 0 Å². The third kappa shape index (κ3) is 4.21. The lowest BCUT2D eigenvalue weighted by atomic mass is 10.1. The summed E-state index contributed by atoms with van der Waals surface area (Å²) in [5.41, 5.74) is 6.50. The Morgan fingerprint density at radius 3 is 2.43 bits per heavy atom. The molecule has 1 aliphatic rings. The topological polar surface area (TPSA) is 50.2 Å². The van der Waals surface area contributed by atoms with E-state index in [-0.39, 0.29) is 5.91 Å². The van der Waals surface area contributed by atoms with E-state index in [4.69, 9.17) is 11.6 Å². The van der Waals surface area contributed by atoms with Crippen molar-refractivity contribution in [1.82, 2.24) is 9.78 Å². The zero-order valence-electron chi connectivity index (χ0n) is 17.7. The van der Waals surface area contributed by atoms with Gasteiger partial charge in [0.15, 0.2) is 0 Å². The maximum atomic E-state index is 13.0. The Hall–Kier alpha value is -2.79. The van der Waals surface area contributed by atoms with Gasteiger partial charge in [-0.25, -0.2) is 4.68 Å². The second-order valence-electron chi connectivity index (χ2n) is 8.04. The lowest BCUT2D eigenvalue weighted by molar-refractivity contribution is 0.102. The third-order valence-electron chi connectivity index (χ3n) is 5.65. The molecule has 2 heterocycles. The number of anilines is 2. The minimum Gasteiger partial charge on any atom is -0.371 e. The molecular formula is C24H27ClN4O. The van der Waals surface area contributed by atoms with E-state index >= 15 is 0 Å². The van der Waals surface area contributed by atoms with Crippen molar-refractivity contribution in [2.45, 2.75) is 40.2 Å². The standard InChI is InChI=1S/C24H27ClN4O/c1-16-6-8-19(9-7-16)15-29-23(25)22(18(3)27-29)24(30)26-20-10-11-21(17(2)14-20)28-12-4-5-13-28/h6-11,14H,4-5,12-13,15H2,1-3H3,(H,26,30). The van der Waals surface area contributed by atoms with Crippen LogP contribution in [-0.4, -0.2) is 28.8 Å². The molecule has 0 radical (unpaired) electrons. The van der Waals surface area contributed by atoms with Gasteiger partial charge in [-0.3, -0.25) is 4.79 Å². The van der Waals surface area contributed by atoms with Crippen LogP contribution in [-0.2, 0) is 6.54 Å². The molecule has 5 nitrogen and oxygen atoms in total. The number of carbonyl (C=O) groups excluding carboxylic acids is 1. The van der Waals surface area contributed by atoms with Gasteiger partial charge in [-0.1, -0.05) is 41.4 Å². The van der Waals surface area contributed by atoms with Crippen LogP contribution in [0.4, 0.5) is 11.4 Å². The van der Waals surface area contributed by atoms with E-state index in [0.717, 1.165) is 29.9 Å².